The third-order valence-electron chi connectivity index (χ3n) is 6.50. The zero-order valence-corrected chi connectivity index (χ0v) is 20.1. The van der Waals surface area contributed by atoms with Crippen LogP contribution in [0.5, 0.6) is 11.6 Å². The van der Waals surface area contributed by atoms with Gasteiger partial charge in [-0.15, -0.1) is 0 Å². The number of carbonyl (C=O) groups is 1. The quantitative estimate of drug-likeness (QED) is 0.195. The highest BCUT2D eigenvalue weighted by molar-refractivity contribution is 5.99. The Balaban J connectivity index is 1.45. The Bertz CT molecular complexity index is 1560. The fourth-order valence-electron chi connectivity index (χ4n) is 4.77. The zero-order chi connectivity index (χ0) is 25.2. The molecule has 0 amide bonds. The number of aliphatic hydroxyl groups is 1. The summed E-state index contributed by atoms with van der Waals surface area (Å²) in [6, 6.07) is 19.8. The van der Waals surface area contributed by atoms with Crippen molar-refractivity contribution in [2.75, 3.05) is 6.61 Å². The van der Waals surface area contributed by atoms with Gasteiger partial charge in [0, 0.05) is 40.2 Å². The molecular formula is C28H27N3O5. The number of ether oxygens (including phenoxy) is 2. The molecule has 0 aliphatic carbocycles. The minimum absolute atomic E-state index is 0.196. The van der Waals surface area contributed by atoms with Gasteiger partial charge in [0.15, 0.2) is 0 Å². The molecule has 36 heavy (non-hydrogen) atoms. The summed E-state index contributed by atoms with van der Waals surface area (Å²) < 4.78 is 12.9. The van der Waals surface area contributed by atoms with Crippen molar-refractivity contribution in [3.05, 3.63) is 77.6 Å². The maximum absolute atomic E-state index is 11.4. The first-order valence-electron chi connectivity index (χ1n) is 11.8. The normalized spacial score (nSPS) is 11.3. The highest BCUT2D eigenvalue weighted by Gasteiger charge is 2.21. The van der Waals surface area contributed by atoms with Crippen LogP contribution >= 0.6 is 0 Å². The summed E-state index contributed by atoms with van der Waals surface area (Å²) in [6.45, 7) is 2.19. The van der Waals surface area contributed by atoms with Crippen LogP contribution in [0.1, 0.15) is 23.4 Å². The number of aliphatic hydroxyl groups excluding tert-OH is 1. The van der Waals surface area contributed by atoms with Gasteiger partial charge in [0.25, 0.3) is 0 Å². The van der Waals surface area contributed by atoms with Gasteiger partial charge in [0.2, 0.25) is 5.88 Å². The van der Waals surface area contributed by atoms with E-state index in [-0.39, 0.29) is 12.5 Å². The molecule has 184 valence electrons. The average Bonchev–Trinajstić information content (AvgIpc) is 3.37. The number of aromatic amines is 1. The number of rotatable bonds is 8. The maximum Gasteiger partial charge on any atom is 0.512 e. The van der Waals surface area contributed by atoms with Gasteiger partial charge >= 0.3 is 6.16 Å². The van der Waals surface area contributed by atoms with Crippen LogP contribution in [0.25, 0.3) is 32.8 Å². The largest absolute Gasteiger partial charge is 0.512 e. The molecule has 8 heteroatoms. The van der Waals surface area contributed by atoms with Gasteiger partial charge in [0.1, 0.15) is 5.75 Å². The van der Waals surface area contributed by atoms with E-state index in [0.717, 1.165) is 49.8 Å². The topological polar surface area (TPSA) is 110 Å². The Morgan fingerprint density at radius 2 is 1.81 bits per heavy atom. The van der Waals surface area contributed by atoms with Crippen LogP contribution in [0.15, 0.2) is 60.7 Å². The van der Waals surface area contributed by atoms with E-state index in [2.05, 4.69) is 10.1 Å². The number of H-pyrrole nitrogens is 1. The Hall–Kier alpha value is -4.30. The van der Waals surface area contributed by atoms with Crippen molar-refractivity contribution in [3.63, 3.8) is 0 Å². The van der Waals surface area contributed by atoms with Crippen molar-refractivity contribution < 1.29 is 24.5 Å². The van der Waals surface area contributed by atoms with E-state index < -0.39 is 6.16 Å². The van der Waals surface area contributed by atoms with E-state index in [1.165, 1.54) is 0 Å². The molecule has 0 bridgehead atoms. The molecular weight excluding hydrogens is 458 g/mol. The number of nitrogens with zero attached hydrogens (tertiary/aromatic N) is 2. The molecule has 3 N–H and O–H groups in total. The molecule has 0 unspecified atom stereocenters. The summed E-state index contributed by atoms with van der Waals surface area (Å²) in [4.78, 5) is 14.6. The molecule has 0 fully saturated rings. The average molecular weight is 486 g/mol. The number of hydrogen-bond donors (Lipinski definition) is 3. The predicted molar refractivity (Wildman–Crippen MR) is 138 cm³/mol. The first kappa shape index (κ1) is 23.4. The van der Waals surface area contributed by atoms with Gasteiger partial charge in [-0.2, -0.15) is 5.10 Å². The van der Waals surface area contributed by atoms with Gasteiger partial charge in [0.05, 0.1) is 24.4 Å². The molecule has 3 aromatic carbocycles. The lowest BCUT2D eigenvalue weighted by atomic mass is 9.99. The van der Waals surface area contributed by atoms with Crippen molar-refractivity contribution in [2.45, 2.75) is 26.4 Å². The zero-order valence-electron chi connectivity index (χ0n) is 20.1. The molecule has 0 spiro atoms. The summed E-state index contributed by atoms with van der Waals surface area (Å²) in [5.74, 6) is 1.02. The van der Waals surface area contributed by atoms with Crippen molar-refractivity contribution in [2.24, 2.45) is 7.05 Å². The van der Waals surface area contributed by atoms with Crippen molar-refractivity contribution in [1.82, 2.24) is 14.8 Å². The molecule has 0 radical (unpaired) electrons. The van der Waals surface area contributed by atoms with Crippen LogP contribution in [0.2, 0.25) is 0 Å². The second kappa shape index (κ2) is 9.75. The second-order valence-electron chi connectivity index (χ2n) is 8.65. The fraction of sp³-hybridized carbons (Fsp3) is 0.214. The first-order valence-corrected chi connectivity index (χ1v) is 11.8. The summed E-state index contributed by atoms with van der Waals surface area (Å²) >= 11 is 0. The van der Waals surface area contributed by atoms with Crippen LogP contribution in [0.3, 0.4) is 0 Å². The number of fused-ring (bicyclic) bond motifs is 2. The number of hydrogen-bond acceptors (Lipinski definition) is 5. The van der Waals surface area contributed by atoms with Crippen LogP contribution < -0.4 is 9.47 Å². The number of carboxylic acid groups (broad SMARTS) is 1. The minimum atomic E-state index is -1.38. The lowest BCUT2D eigenvalue weighted by molar-refractivity contribution is 0.142. The summed E-state index contributed by atoms with van der Waals surface area (Å²) in [5.41, 5.74) is 4.61. The molecule has 2 heterocycles. The number of nitrogens with one attached hydrogen (secondary N) is 1. The summed E-state index contributed by atoms with van der Waals surface area (Å²) in [7, 11) is 1.83. The van der Waals surface area contributed by atoms with Crippen molar-refractivity contribution in [3.8, 4) is 22.8 Å². The van der Waals surface area contributed by atoms with E-state index in [1.54, 1.807) is 4.68 Å². The van der Waals surface area contributed by atoms with E-state index in [4.69, 9.17) is 9.47 Å². The first-order chi connectivity index (χ1) is 17.5. The Labute approximate surface area is 207 Å². The molecule has 5 rings (SSSR count). The van der Waals surface area contributed by atoms with Crippen LogP contribution in [0, 0.1) is 6.92 Å². The lowest BCUT2D eigenvalue weighted by Crippen LogP contribution is -2.06. The number of benzene rings is 3. The molecule has 8 nitrogen and oxygen atoms in total. The van der Waals surface area contributed by atoms with Crippen LogP contribution in [-0.2, 0) is 20.1 Å². The minimum Gasteiger partial charge on any atom is -0.493 e. The van der Waals surface area contributed by atoms with Gasteiger partial charge in [-0.1, -0.05) is 54.6 Å². The lowest BCUT2D eigenvalue weighted by Gasteiger charge is -2.10. The molecule has 0 atom stereocenters. The monoisotopic (exact) mass is 485 g/mol. The molecule has 0 saturated heterocycles. The predicted octanol–water partition coefficient (Wildman–Crippen LogP) is 5.59. The number of aromatic nitrogens is 3. The second-order valence-corrected chi connectivity index (χ2v) is 8.65. The molecule has 0 saturated carbocycles. The highest BCUT2D eigenvalue weighted by Crippen LogP contribution is 2.38. The van der Waals surface area contributed by atoms with E-state index >= 15 is 0 Å². The third kappa shape index (κ3) is 4.27. The number of aryl methyl sites for hydroxylation is 2. The van der Waals surface area contributed by atoms with Gasteiger partial charge < -0.3 is 24.7 Å². The van der Waals surface area contributed by atoms with E-state index in [9.17, 15) is 15.0 Å². The third-order valence-corrected chi connectivity index (χ3v) is 6.50. The highest BCUT2D eigenvalue weighted by atomic mass is 16.7. The molecule has 5 aromatic rings. The van der Waals surface area contributed by atoms with Gasteiger partial charge in [-0.05, 0) is 31.2 Å². The van der Waals surface area contributed by atoms with Gasteiger partial charge in [-0.25, -0.2) is 4.79 Å². The summed E-state index contributed by atoms with van der Waals surface area (Å²) in [6.07, 6.45) is -0.176. The van der Waals surface area contributed by atoms with Crippen molar-refractivity contribution >= 4 is 27.8 Å². The number of para-hydroxylation sites is 1. The Morgan fingerprint density at radius 3 is 2.61 bits per heavy atom. The van der Waals surface area contributed by atoms with E-state index in [1.807, 2.05) is 74.6 Å². The van der Waals surface area contributed by atoms with Crippen molar-refractivity contribution in [1.29, 1.82) is 0 Å². The Morgan fingerprint density at radius 1 is 1.06 bits per heavy atom. The maximum atomic E-state index is 11.4. The summed E-state index contributed by atoms with van der Waals surface area (Å²) in [5, 5.41) is 26.7. The molecule has 0 aliphatic heterocycles. The molecule has 2 aromatic heterocycles. The van der Waals surface area contributed by atoms with Gasteiger partial charge in [-0.3, -0.25) is 4.68 Å². The Kier molecular flexibility index (Phi) is 6.35. The van der Waals surface area contributed by atoms with Crippen LogP contribution in [-0.4, -0.2) is 37.7 Å². The van der Waals surface area contributed by atoms with Crippen LogP contribution in [0.4, 0.5) is 4.79 Å². The smallest absolute Gasteiger partial charge is 0.493 e. The van der Waals surface area contributed by atoms with E-state index in [0.29, 0.717) is 25.1 Å². The SMILES string of the molecule is Cc1c(-c2cccc3c(CCCOc4cccc5ccccc45)c(OC(=O)O)[nH]c23)c(CO)nn1C. The molecule has 0 aliphatic rings. The fourth-order valence-corrected chi connectivity index (χ4v) is 4.77. The standard InChI is InChI=1S/C28H27N3O5/c1-17-25(23(16-32)30-31(17)2)22-12-6-11-20-21(27(29-26(20)22)36-28(33)34)13-7-15-35-24-14-5-9-18-8-3-4-10-19(18)24/h3-6,8-12,14,29,32H,7,13,15-16H2,1-2H3,(H,33,34).